The Balaban J connectivity index is 0.00000176. The van der Waals surface area contributed by atoms with Gasteiger partial charge in [0.2, 0.25) is 5.91 Å². The molecule has 122 valence electrons. The van der Waals surface area contributed by atoms with Crippen molar-refractivity contribution in [3.8, 4) is 0 Å². The number of hydrogen-bond acceptors (Lipinski definition) is 4. The maximum Gasteiger partial charge on any atom is 0.243 e. The number of carbonyl (C=O) groups is 1. The number of carbonyl (C=O) groups excluding carboxylic acids is 1. The van der Waals surface area contributed by atoms with Crippen molar-refractivity contribution >= 4 is 18.3 Å². The highest BCUT2D eigenvalue weighted by atomic mass is 35.5. The first kappa shape index (κ1) is 17.2. The molecular weight excluding hydrogens is 304 g/mol. The first-order valence-electron chi connectivity index (χ1n) is 7.52. The molecule has 0 radical (unpaired) electrons. The van der Waals surface area contributed by atoms with Gasteiger partial charge < -0.3 is 20.1 Å². The third-order valence-corrected chi connectivity index (χ3v) is 4.34. The maximum atomic E-state index is 12.7. The van der Waals surface area contributed by atoms with Crippen LogP contribution in [0.4, 0.5) is 0 Å². The number of hydrogen-bond donors (Lipinski definition) is 1. The second-order valence-electron chi connectivity index (χ2n) is 5.79. The minimum absolute atomic E-state index is 0. The molecule has 1 aromatic carbocycles. The molecule has 5 nitrogen and oxygen atoms in total. The Labute approximate surface area is 137 Å². The minimum atomic E-state index is -0.767. The van der Waals surface area contributed by atoms with E-state index in [1.807, 2.05) is 35.2 Å². The fourth-order valence-electron chi connectivity index (χ4n) is 2.97. The summed E-state index contributed by atoms with van der Waals surface area (Å²) in [5, 5.41) is 0. The summed E-state index contributed by atoms with van der Waals surface area (Å²) in [5.41, 5.74) is 6.64. The van der Waals surface area contributed by atoms with Gasteiger partial charge in [-0.15, -0.1) is 12.4 Å². The molecule has 1 amide bonds. The van der Waals surface area contributed by atoms with Crippen LogP contribution < -0.4 is 5.73 Å². The van der Waals surface area contributed by atoms with Crippen LogP contribution in [0.3, 0.4) is 0 Å². The average Bonchev–Trinajstić information content (AvgIpc) is 2.56. The van der Waals surface area contributed by atoms with E-state index in [1.165, 1.54) is 0 Å². The average molecular weight is 327 g/mol. The Kier molecular flexibility index (Phi) is 5.81. The van der Waals surface area contributed by atoms with Crippen molar-refractivity contribution in [2.24, 2.45) is 5.73 Å². The molecular formula is C16H23ClN2O3. The van der Waals surface area contributed by atoms with Crippen molar-refractivity contribution in [1.29, 1.82) is 0 Å². The lowest BCUT2D eigenvalue weighted by atomic mass is 9.89. The van der Waals surface area contributed by atoms with Gasteiger partial charge in [-0.2, -0.15) is 0 Å². The number of halogens is 1. The standard InChI is InChI=1S/C16H22N2O3.ClH/c17-16(6-9-20-10-7-16)15(19)18-8-11-21-14(12-18)13-4-2-1-3-5-13;/h1-5,14H,6-12,17H2;1H. The number of amides is 1. The van der Waals surface area contributed by atoms with E-state index in [4.69, 9.17) is 15.2 Å². The summed E-state index contributed by atoms with van der Waals surface area (Å²) < 4.78 is 11.1. The van der Waals surface area contributed by atoms with E-state index >= 15 is 0 Å². The summed E-state index contributed by atoms with van der Waals surface area (Å²) in [4.78, 5) is 14.6. The number of nitrogens with zero attached hydrogens (tertiary/aromatic N) is 1. The van der Waals surface area contributed by atoms with Crippen LogP contribution in [-0.2, 0) is 14.3 Å². The lowest BCUT2D eigenvalue weighted by Crippen LogP contribution is -2.60. The van der Waals surface area contributed by atoms with Crippen LogP contribution in [0.25, 0.3) is 0 Å². The van der Waals surface area contributed by atoms with Crippen molar-refractivity contribution in [2.75, 3.05) is 32.9 Å². The van der Waals surface area contributed by atoms with Gasteiger partial charge in [0, 0.05) is 19.8 Å². The third kappa shape index (κ3) is 3.60. The van der Waals surface area contributed by atoms with Gasteiger partial charge in [0.15, 0.2) is 0 Å². The van der Waals surface area contributed by atoms with Crippen LogP contribution in [0.15, 0.2) is 30.3 Å². The molecule has 6 heteroatoms. The molecule has 2 saturated heterocycles. The van der Waals surface area contributed by atoms with E-state index < -0.39 is 5.54 Å². The van der Waals surface area contributed by atoms with E-state index in [2.05, 4.69) is 0 Å². The van der Waals surface area contributed by atoms with Crippen LogP contribution in [0, 0.1) is 0 Å². The van der Waals surface area contributed by atoms with Crippen molar-refractivity contribution in [3.05, 3.63) is 35.9 Å². The summed E-state index contributed by atoms with van der Waals surface area (Å²) in [5.74, 6) is 0.0371. The minimum Gasteiger partial charge on any atom is -0.381 e. The molecule has 1 aromatic rings. The van der Waals surface area contributed by atoms with Gasteiger partial charge in [-0.25, -0.2) is 0 Å². The molecule has 0 aromatic heterocycles. The molecule has 2 heterocycles. The van der Waals surface area contributed by atoms with Gasteiger partial charge in [-0.3, -0.25) is 4.79 Å². The summed E-state index contributed by atoms with van der Waals surface area (Å²) in [6.45, 7) is 2.87. The number of nitrogens with two attached hydrogens (primary N) is 1. The molecule has 0 bridgehead atoms. The highest BCUT2D eigenvalue weighted by molar-refractivity contribution is 5.86. The maximum absolute atomic E-state index is 12.7. The fourth-order valence-corrected chi connectivity index (χ4v) is 2.97. The zero-order valence-electron chi connectivity index (χ0n) is 12.6. The zero-order valence-corrected chi connectivity index (χ0v) is 13.4. The molecule has 2 aliphatic heterocycles. The van der Waals surface area contributed by atoms with Crippen molar-refractivity contribution in [2.45, 2.75) is 24.5 Å². The third-order valence-electron chi connectivity index (χ3n) is 4.34. The van der Waals surface area contributed by atoms with Gasteiger partial charge in [0.25, 0.3) is 0 Å². The van der Waals surface area contributed by atoms with Crippen molar-refractivity contribution in [1.82, 2.24) is 4.90 Å². The van der Waals surface area contributed by atoms with Crippen LogP contribution in [-0.4, -0.2) is 49.3 Å². The molecule has 0 aliphatic carbocycles. The Morgan fingerprint density at radius 3 is 2.55 bits per heavy atom. The number of benzene rings is 1. The molecule has 22 heavy (non-hydrogen) atoms. The zero-order chi connectivity index (χ0) is 14.7. The highest BCUT2D eigenvalue weighted by Crippen LogP contribution is 2.26. The lowest BCUT2D eigenvalue weighted by Gasteiger charge is -2.40. The summed E-state index contributed by atoms with van der Waals surface area (Å²) >= 11 is 0. The van der Waals surface area contributed by atoms with Crippen LogP contribution >= 0.6 is 12.4 Å². The molecule has 0 saturated carbocycles. The van der Waals surface area contributed by atoms with Crippen LogP contribution in [0.5, 0.6) is 0 Å². The normalized spacial score (nSPS) is 24.4. The number of morpholine rings is 1. The fraction of sp³-hybridized carbons (Fsp3) is 0.562. The smallest absolute Gasteiger partial charge is 0.243 e. The largest absolute Gasteiger partial charge is 0.381 e. The predicted molar refractivity (Wildman–Crippen MR) is 85.9 cm³/mol. The van der Waals surface area contributed by atoms with Crippen molar-refractivity contribution in [3.63, 3.8) is 0 Å². The van der Waals surface area contributed by atoms with Gasteiger partial charge in [0.05, 0.1) is 18.7 Å². The lowest BCUT2D eigenvalue weighted by molar-refractivity contribution is -0.148. The summed E-state index contributed by atoms with van der Waals surface area (Å²) in [6.07, 6.45) is 1.13. The van der Waals surface area contributed by atoms with E-state index in [1.54, 1.807) is 0 Å². The Morgan fingerprint density at radius 2 is 1.86 bits per heavy atom. The Bertz CT molecular complexity index is 491. The van der Waals surface area contributed by atoms with Gasteiger partial charge in [0.1, 0.15) is 6.10 Å². The highest BCUT2D eigenvalue weighted by Gasteiger charge is 2.40. The number of ether oxygens (including phenoxy) is 2. The first-order chi connectivity index (χ1) is 10.2. The second kappa shape index (κ2) is 7.42. The van der Waals surface area contributed by atoms with Crippen molar-refractivity contribution < 1.29 is 14.3 Å². The van der Waals surface area contributed by atoms with E-state index in [9.17, 15) is 4.79 Å². The van der Waals surface area contributed by atoms with E-state index in [0.29, 0.717) is 45.8 Å². The van der Waals surface area contributed by atoms with E-state index in [0.717, 1.165) is 5.56 Å². The van der Waals surface area contributed by atoms with Crippen LogP contribution in [0.2, 0.25) is 0 Å². The molecule has 1 atom stereocenters. The predicted octanol–water partition coefficient (Wildman–Crippen LogP) is 1.52. The quantitative estimate of drug-likeness (QED) is 0.895. The first-order valence-corrected chi connectivity index (χ1v) is 7.52. The summed E-state index contributed by atoms with van der Waals surface area (Å²) in [6, 6.07) is 10.0. The molecule has 2 fully saturated rings. The summed E-state index contributed by atoms with van der Waals surface area (Å²) in [7, 11) is 0. The van der Waals surface area contributed by atoms with Crippen LogP contribution in [0.1, 0.15) is 24.5 Å². The Morgan fingerprint density at radius 1 is 1.18 bits per heavy atom. The van der Waals surface area contributed by atoms with Gasteiger partial charge >= 0.3 is 0 Å². The molecule has 3 rings (SSSR count). The monoisotopic (exact) mass is 326 g/mol. The molecule has 2 aliphatic rings. The number of rotatable bonds is 2. The van der Waals surface area contributed by atoms with Gasteiger partial charge in [-0.1, -0.05) is 30.3 Å². The Hall–Kier alpha value is -1.14. The molecule has 0 spiro atoms. The topological polar surface area (TPSA) is 64.8 Å². The van der Waals surface area contributed by atoms with Gasteiger partial charge in [-0.05, 0) is 18.4 Å². The molecule has 2 N–H and O–H groups in total. The van der Waals surface area contributed by atoms with E-state index in [-0.39, 0.29) is 24.4 Å². The second-order valence-corrected chi connectivity index (χ2v) is 5.79. The SMILES string of the molecule is Cl.NC1(C(=O)N2CCOC(c3ccccc3)C2)CCOCC1. The molecule has 1 unspecified atom stereocenters.